The second kappa shape index (κ2) is 8.43. The second-order valence-corrected chi connectivity index (χ2v) is 18.9. The van der Waals surface area contributed by atoms with E-state index in [4.69, 9.17) is 0 Å². The Kier molecular flexibility index (Phi) is 8.49. The van der Waals surface area contributed by atoms with Gasteiger partial charge in [-0.15, -0.1) is 6.58 Å². The van der Waals surface area contributed by atoms with E-state index < -0.39 is 16.1 Å². The normalized spacial score (nSPS) is 14.5. The van der Waals surface area contributed by atoms with Crippen LogP contribution in [0.5, 0.6) is 0 Å². The molecule has 0 saturated carbocycles. The standard InChI is InChI=1S/C16H36OSi2/c1-8-9-10-11-12-16(17)13-15(2)19(6,7)14-18(3,4)5/h16-17H,2,8-14H2,1,3-7H3. The zero-order valence-electron chi connectivity index (χ0n) is 14.2. The van der Waals surface area contributed by atoms with Crippen LogP contribution in [-0.2, 0) is 0 Å². The molecule has 0 heterocycles. The van der Waals surface area contributed by atoms with E-state index in [9.17, 15) is 5.11 Å². The Hall–Kier alpha value is 0.134. The van der Waals surface area contributed by atoms with Crippen molar-refractivity contribution in [3.05, 3.63) is 11.8 Å². The fourth-order valence-electron chi connectivity index (χ4n) is 2.92. The van der Waals surface area contributed by atoms with Crippen molar-refractivity contribution in [3.63, 3.8) is 0 Å². The van der Waals surface area contributed by atoms with E-state index in [0.717, 1.165) is 19.3 Å². The molecule has 0 aliphatic rings. The van der Waals surface area contributed by atoms with Crippen molar-refractivity contribution in [1.82, 2.24) is 0 Å². The van der Waals surface area contributed by atoms with Crippen LogP contribution in [0.4, 0.5) is 0 Å². The van der Waals surface area contributed by atoms with Gasteiger partial charge < -0.3 is 5.11 Å². The number of hydrogen-bond donors (Lipinski definition) is 1. The Balaban J connectivity index is 4.13. The molecule has 0 spiro atoms. The molecule has 0 bridgehead atoms. The number of unbranched alkanes of at least 4 members (excludes halogenated alkanes) is 3. The van der Waals surface area contributed by atoms with E-state index in [-0.39, 0.29) is 6.10 Å². The SMILES string of the molecule is C=C(CC(O)CCCCCC)[Si](C)(C)C[Si](C)(C)C. The van der Waals surface area contributed by atoms with Gasteiger partial charge in [-0.2, -0.15) is 0 Å². The van der Waals surface area contributed by atoms with Gasteiger partial charge in [0.2, 0.25) is 0 Å². The summed E-state index contributed by atoms with van der Waals surface area (Å²) in [7, 11) is -2.38. The third kappa shape index (κ3) is 9.63. The quantitative estimate of drug-likeness (QED) is 0.424. The summed E-state index contributed by atoms with van der Waals surface area (Å²) >= 11 is 0. The van der Waals surface area contributed by atoms with E-state index in [1.165, 1.54) is 30.1 Å². The molecule has 0 fully saturated rings. The molecule has 0 aliphatic carbocycles. The molecule has 0 amide bonds. The molecule has 19 heavy (non-hydrogen) atoms. The van der Waals surface area contributed by atoms with Gasteiger partial charge in [0.1, 0.15) is 0 Å². The van der Waals surface area contributed by atoms with Gasteiger partial charge in [-0.1, -0.05) is 76.2 Å². The zero-order chi connectivity index (χ0) is 15.1. The number of rotatable bonds is 10. The lowest BCUT2D eigenvalue weighted by Crippen LogP contribution is -2.39. The summed E-state index contributed by atoms with van der Waals surface area (Å²) in [5.74, 6) is 0. The molecular formula is C16H36OSi2. The van der Waals surface area contributed by atoms with Crippen LogP contribution in [0.1, 0.15) is 45.4 Å². The summed E-state index contributed by atoms with van der Waals surface area (Å²) in [6, 6.07) is 0. The number of aliphatic hydroxyl groups excluding tert-OH is 1. The Morgan fingerprint density at radius 1 is 1.05 bits per heavy atom. The van der Waals surface area contributed by atoms with Gasteiger partial charge in [0.25, 0.3) is 0 Å². The molecule has 0 aromatic heterocycles. The predicted octanol–water partition coefficient (Wildman–Crippen LogP) is 5.39. The third-order valence-electron chi connectivity index (χ3n) is 3.80. The topological polar surface area (TPSA) is 20.2 Å². The predicted molar refractivity (Wildman–Crippen MR) is 94.2 cm³/mol. The molecule has 1 atom stereocenters. The molecule has 1 unspecified atom stereocenters. The first-order valence-electron chi connectivity index (χ1n) is 7.95. The first-order chi connectivity index (χ1) is 8.58. The number of aliphatic hydroxyl groups is 1. The van der Waals surface area contributed by atoms with Gasteiger partial charge >= 0.3 is 0 Å². The summed E-state index contributed by atoms with van der Waals surface area (Å²) in [5.41, 5.74) is 1.39. The van der Waals surface area contributed by atoms with Gasteiger partial charge in [-0.25, -0.2) is 0 Å². The molecule has 3 heteroatoms. The summed E-state index contributed by atoms with van der Waals surface area (Å²) in [6.45, 7) is 18.7. The van der Waals surface area contributed by atoms with E-state index in [0.29, 0.717) is 0 Å². The van der Waals surface area contributed by atoms with Crippen LogP contribution in [0.25, 0.3) is 0 Å². The van der Waals surface area contributed by atoms with Crippen LogP contribution < -0.4 is 0 Å². The molecule has 0 rings (SSSR count). The van der Waals surface area contributed by atoms with Crippen molar-refractivity contribution in [2.45, 2.75) is 90.0 Å². The summed E-state index contributed by atoms with van der Waals surface area (Å²) < 4.78 is 0. The average Bonchev–Trinajstić information content (AvgIpc) is 2.21. The van der Waals surface area contributed by atoms with Gasteiger partial charge in [-0.3, -0.25) is 0 Å². The van der Waals surface area contributed by atoms with Crippen LogP contribution in [0.2, 0.25) is 38.4 Å². The highest BCUT2D eigenvalue weighted by Gasteiger charge is 2.31. The lowest BCUT2D eigenvalue weighted by molar-refractivity contribution is 0.162. The maximum atomic E-state index is 10.2. The zero-order valence-corrected chi connectivity index (χ0v) is 16.2. The molecule has 0 aromatic carbocycles. The smallest absolute Gasteiger partial charge is 0.0722 e. The fraction of sp³-hybridized carbons (Fsp3) is 0.875. The van der Waals surface area contributed by atoms with E-state index in [2.05, 4.69) is 46.2 Å². The molecule has 0 aromatic rings. The van der Waals surface area contributed by atoms with Crippen molar-refractivity contribution in [2.75, 3.05) is 0 Å². The lowest BCUT2D eigenvalue weighted by atomic mass is 10.1. The van der Waals surface area contributed by atoms with Crippen molar-refractivity contribution in [2.24, 2.45) is 0 Å². The van der Waals surface area contributed by atoms with Crippen LogP contribution in [0.3, 0.4) is 0 Å². The van der Waals surface area contributed by atoms with Crippen LogP contribution in [-0.4, -0.2) is 27.4 Å². The van der Waals surface area contributed by atoms with Crippen molar-refractivity contribution >= 4 is 16.1 Å². The van der Waals surface area contributed by atoms with Crippen molar-refractivity contribution in [3.8, 4) is 0 Å². The van der Waals surface area contributed by atoms with Crippen LogP contribution >= 0.6 is 0 Å². The van der Waals surface area contributed by atoms with E-state index in [1.54, 1.807) is 0 Å². The lowest BCUT2D eigenvalue weighted by Gasteiger charge is -2.32. The van der Waals surface area contributed by atoms with Gasteiger partial charge in [0.15, 0.2) is 0 Å². The van der Waals surface area contributed by atoms with Crippen molar-refractivity contribution in [1.29, 1.82) is 0 Å². The minimum atomic E-state index is -1.35. The highest BCUT2D eigenvalue weighted by Crippen LogP contribution is 2.28. The maximum absolute atomic E-state index is 10.2. The van der Waals surface area contributed by atoms with Crippen LogP contribution in [0, 0.1) is 0 Å². The fourth-order valence-corrected chi connectivity index (χ4v) is 15.3. The first kappa shape index (κ1) is 19.1. The summed E-state index contributed by atoms with van der Waals surface area (Å²) in [5, 5.41) is 11.5. The van der Waals surface area contributed by atoms with E-state index in [1.807, 2.05) is 0 Å². The highest BCUT2D eigenvalue weighted by molar-refractivity contribution is 6.98. The minimum Gasteiger partial charge on any atom is -0.393 e. The Morgan fingerprint density at radius 3 is 2.11 bits per heavy atom. The van der Waals surface area contributed by atoms with Gasteiger partial charge in [0, 0.05) is 8.07 Å². The highest BCUT2D eigenvalue weighted by atomic mass is 28.4. The Morgan fingerprint density at radius 2 is 1.63 bits per heavy atom. The third-order valence-corrected chi connectivity index (χ3v) is 13.7. The van der Waals surface area contributed by atoms with Crippen LogP contribution in [0.15, 0.2) is 11.8 Å². The maximum Gasteiger partial charge on any atom is 0.0722 e. The summed E-state index contributed by atoms with van der Waals surface area (Å²) in [4.78, 5) is 0. The van der Waals surface area contributed by atoms with Gasteiger partial charge in [0.05, 0.1) is 14.2 Å². The monoisotopic (exact) mass is 300 g/mol. The van der Waals surface area contributed by atoms with Crippen molar-refractivity contribution < 1.29 is 5.11 Å². The Labute approximate surface area is 123 Å². The second-order valence-electron chi connectivity index (χ2n) is 7.93. The molecule has 114 valence electrons. The molecule has 1 N–H and O–H groups in total. The molecule has 0 radical (unpaired) electrons. The average molecular weight is 301 g/mol. The van der Waals surface area contributed by atoms with E-state index >= 15 is 0 Å². The number of hydrogen-bond acceptors (Lipinski definition) is 1. The molecule has 1 nitrogen and oxygen atoms in total. The van der Waals surface area contributed by atoms with Gasteiger partial charge in [-0.05, 0) is 12.8 Å². The largest absolute Gasteiger partial charge is 0.393 e. The molecular weight excluding hydrogens is 264 g/mol. The molecule has 0 saturated heterocycles. The minimum absolute atomic E-state index is 0.155. The molecule has 0 aliphatic heterocycles. The first-order valence-corrected chi connectivity index (χ1v) is 14.9. The Bertz CT molecular complexity index is 266. The summed E-state index contributed by atoms with van der Waals surface area (Å²) in [6.07, 6.45) is 6.63.